The number of hydrogen-bond acceptors (Lipinski definition) is 5. The van der Waals surface area contributed by atoms with E-state index in [9.17, 15) is 19.3 Å². The van der Waals surface area contributed by atoms with Crippen molar-refractivity contribution < 1.29 is 14.1 Å². The van der Waals surface area contributed by atoms with Crippen molar-refractivity contribution in [2.45, 2.75) is 24.9 Å². The summed E-state index contributed by atoms with van der Waals surface area (Å²) in [6, 6.07) is 8.44. The number of nitro benzene ring substituents is 1. The average molecular weight is 421 g/mol. The van der Waals surface area contributed by atoms with Gasteiger partial charge in [0.15, 0.2) is 0 Å². The number of benzene rings is 2. The third-order valence-corrected chi connectivity index (χ3v) is 5.14. The number of nitrogens with one attached hydrogen (secondary N) is 2. The third-order valence-electron chi connectivity index (χ3n) is 4.81. The fourth-order valence-corrected chi connectivity index (χ4v) is 3.34. The first-order valence-electron chi connectivity index (χ1n) is 9.21. The van der Waals surface area contributed by atoms with Crippen LogP contribution in [0.15, 0.2) is 36.4 Å². The maximum absolute atomic E-state index is 14.4. The van der Waals surface area contributed by atoms with E-state index in [2.05, 4.69) is 10.6 Å². The van der Waals surface area contributed by atoms with Gasteiger partial charge in [0.25, 0.3) is 11.6 Å². The number of anilines is 1. The number of nitro groups is 1. The van der Waals surface area contributed by atoms with Crippen LogP contribution in [-0.4, -0.2) is 42.4 Å². The highest BCUT2D eigenvalue weighted by Gasteiger charge is 2.26. The predicted octanol–water partition coefficient (Wildman–Crippen LogP) is 3.99. The van der Waals surface area contributed by atoms with Crippen LogP contribution < -0.4 is 10.6 Å². The first kappa shape index (κ1) is 21.0. The summed E-state index contributed by atoms with van der Waals surface area (Å²) in [6.07, 6.45) is 1.86. The van der Waals surface area contributed by atoms with Crippen LogP contribution in [0.25, 0.3) is 0 Å². The van der Waals surface area contributed by atoms with Gasteiger partial charge in [0.05, 0.1) is 11.0 Å². The Bertz CT molecular complexity index is 914. The first-order valence-corrected chi connectivity index (χ1v) is 9.59. The number of amides is 1. The van der Waals surface area contributed by atoms with Crippen LogP contribution >= 0.6 is 11.6 Å². The summed E-state index contributed by atoms with van der Waals surface area (Å²) in [4.78, 5) is 24.9. The molecule has 7 nitrogen and oxygen atoms in total. The molecular weight excluding hydrogens is 399 g/mol. The van der Waals surface area contributed by atoms with E-state index in [4.69, 9.17) is 11.6 Å². The lowest BCUT2D eigenvalue weighted by atomic mass is 10.0. The second-order valence-corrected chi connectivity index (χ2v) is 7.64. The molecule has 1 aliphatic rings. The summed E-state index contributed by atoms with van der Waals surface area (Å²) in [5.74, 6) is -0.772. The molecule has 0 spiro atoms. The lowest BCUT2D eigenvalue weighted by Crippen LogP contribution is -2.28. The SMILES string of the molecule is CN(C)[C@@H](CNc1ccc(C(=O)NC2CC2)cc1[N+](=O)[O-])c1c(F)cccc1Cl. The van der Waals surface area contributed by atoms with Crippen LogP contribution in [0.2, 0.25) is 5.02 Å². The van der Waals surface area contributed by atoms with E-state index in [-0.39, 0.29) is 40.5 Å². The van der Waals surface area contributed by atoms with Gasteiger partial charge in [-0.05, 0) is 51.2 Å². The molecule has 2 N–H and O–H groups in total. The van der Waals surface area contributed by atoms with Gasteiger partial charge < -0.3 is 15.5 Å². The number of rotatable bonds is 8. The van der Waals surface area contributed by atoms with Crippen molar-refractivity contribution in [3.8, 4) is 0 Å². The van der Waals surface area contributed by atoms with Crippen LogP contribution in [0, 0.1) is 15.9 Å². The summed E-state index contributed by atoms with van der Waals surface area (Å²) in [6.45, 7) is 0.183. The molecule has 154 valence electrons. The average Bonchev–Trinajstić information content (AvgIpc) is 3.47. The number of hydrogen-bond donors (Lipinski definition) is 2. The van der Waals surface area contributed by atoms with Gasteiger partial charge >= 0.3 is 0 Å². The molecule has 0 unspecified atom stereocenters. The lowest BCUT2D eigenvalue weighted by Gasteiger charge is -2.26. The minimum atomic E-state index is -0.545. The largest absolute Gasteiger partial charge is 0.378 e. The van der Waals surface area contributed by atoms with Gasteiger partial charge in [-0.1, -0.05) is 17.7 Å². The molecule has 1 atom stereocenters. The molecule has 0 bridgehead atoms. The van der Waals surface area contributed by atoms with E-state index in [1.165, 1.54) is 30.3 Å². The highest BCUT2D eigenvalue weighted by Crippen LogP contribution is 2.31. The number of carbonyl (C=O) groups excluding carboxylic acids is 1. The molecule has 0 heterocycles. The van der Waals surface area contributed by atoms with Crippen molar-refractivity contribution in [1.82, 2.24) is 10.2 Å². The van der Waals surface area contributed by atoms with E-state index in [0.717, 1.165) is 12.8 Å². The van der Waals surface area contributed by atoms with Crippen LogP contribution in [0.3, 0.4) is 0 Å². The van der Waals surface area contributed by atoms with Crippen LogP contribution in [0.4, 0.5) is 15.8 Å². The Morgan fingerprint density at radius 2 is 2.07 bits per heavy atom. The zero-order valence-corrected chi connectivity index (χ0v) is 16.9. The molecule has 9 heteroatoms. The van der Waals surface area contributed by atoms with Gasteiger partial charge in [-0.25, -0.2) is 4.39 Å². The van der Waals surface area contributed by atoms with Gasteiger partial charge in [0.1, 0.15) is 11.5 Å². The molecule has 0 radical (unpaired) electrons. The number of nitrogens with zero attached hydrogens (tertiary/aromatic N) is 2. The fraction of sp³-hybridized carbons (Fsp3) is 0.350. The Morgan fingerprint density at radius 3 is 2.66 bits per heavy atom. The Balaban J connectivity index is 1.82. The van der Waals surface area contributed by atoms with Gasteiger partial charge in [0.2, 0.25) is 0 Å². The second kappa shape index (κ2) is 8.75. The Kier molecular flexibility index (Phi) is 6.34. The normalized spacial score (nSPS) is 14.5. The lowest BCUT2D eigenvalue weighted by molar-refractivity contribution is -0.384. The summed E-state index contributed by atoms with van der Waals surface area (Å²) in [5, 5.41) is 17.6. The van der Waals surface area contributed by atoms with Crippen molar-refractivity contribution >= 4 is 28.9 Å². The second-order valence-electron chi connectivity index (χ2n) is 7.23. The van der Waals surface area contributed by atoms with Crippen molar-refractivity contribution in [3.05, 3.63) is 68.5 Å². The molecule has 1 fully saturated rings. The molecule has 1 aliphatic carbocycles. The van der Waals surface area contributed by atoms with Crippen molar-refractivity contribution in [1.29, 1.82) is 0 Å². The minimum absolute atomic E-state index is 0.158. The molecule has 0 aromatic heterocycles. The molecule has 2 aromatic carbocycles. The van der Waals surface area contributed by atoms with E-state index in [1.54, 1.807) is 25.1 Å². The molecule has 0 aliphatic heterocycles. The molecule has 29 heavy (non-hydrogen) atoms. The van der Waals surface area contributed by atoms with E-state index >= 15 is 0 Å². The number of carbonyl (C=O) groups is 1. The maximum Gasteiger partial charge on any atom is 0.293 e. The summed E-state index contributed by atoms with van der Waals surface area (Å²) >= 11 is 6.19. The summed E-state index contributed by atoms with van der Waals surface area (Å²) in [7, 11) is 3.55. The molecule has 0 saturated heterocycles. The van der Waals surface area contributed by atoms with Crippen LogP contribution in [0.1, 0.15) is 34.8 Å². The summed E-state index contributed by atoms with van der Waals surface area (Å²) < 4.78 is 14.4. The van der Waals surface area contributed by atoms with Crippen molar-refractivity contribution in [2.24, 2.45) is 0 Å². The quantitative estimate of drug-likeness (QED) is 0.498. The van der Waals surface area contributed by atoms with E-state index in [1.807, 2.05) is 0 Å². The third kappa shape index (κ3) is 5.02. The maximum atomic E-state index is 14.4. The highest BCUT2D eigenvalue weighted by molar-refractivity contribution is 6.31. The minimum Gasteiger partial charge on any atom is -0.378 e. The highest BCUT2D eigenvalue weighted by atomic mass is 35.5. The fourth-order valence-electron chi connectivity index (χ4n) is 3.05. The standard InChI is InChI=1S/C20H22ClFN4O3/c1-25(2)18(19-14(21)4-3-5-15(19)22)11-23-16-9-6-12(10-17(16)26(28)29)20(27)24-13-7-8-13/h3-6,9-10,13,18,23H,7-8,11H2,1-2H3,(H,24,27)/t18-/m0/s1. The van der Waals surface area contributed by atoms with Crippen molar-refractivity contribution in [2.75, 3.05) is 26.0 Å². The molecule has 1 amide bonds. The molecule has 1 saturated carbocycles. The van der Waals surface area contributed by atoms with E-state index < -0.39 is 16.8 Å². The monoisotopic (exact) mass is 420 g/mol. The van der Waals surface area contributed by atoms with Gasteiger partial charge in [0, 0.05) is 34.8 Å². The zero-order valence-electron chi connectivity index (χ0n) is 16.1. The van der Waals surface area contributed by atoms with Crippen molar-refractivity contribution in [3.63, 3.8) is 0 Å². The molecule has 2 aromatic rings. The Morgan fingerprint density at radius 1 is 1.34 bits per heavy atom. The van der Waals surface area contributed by atoms with Gasteiger partial charge in [-0.3, -0.25) is 14.9 Å². The van der Waals surface area contributed by atoms with Crippen LogP contribution in [-0.2, 0) is 0 Å². The smallest absolute Gasteiger partial charge is 0.293 e. The Hall–Kier alpha value is -2.71. The zero-order chi connectivity index (χ0) is 21.1. The number of likely N-dealkylation sites (N-methyl/N-ethyl adjacent to an activating group) is 1. The van der Waals surface area contributed by atoms with Crippen LogP contribution in [0.5, 0.6) is 0 Å². The molecule has 3 rings (SSSR count). The summed E-state index contributed by atoms with van der Waals surface area (Å²) in [5.41, 5.74) is 0.577. The van der Waals surface area contributed by atoms with Gasteiger partial charge in [-0.2, -0.15) is 0 Å². The van der Waals surface area contributed by atoms with Gasteiger partial charge in [-0.15, -0.1) is 0 Å². The topological polar surface area (TPSA) is 87.5 Å². The first-order chi connectivity index (χ1) is 13.8. The van der Waals surface area contributed by atoms with E-state index in [0.29, 0.717) is 5.56 Å². The Labute approximate surface area is 173 Å². The predicted molar refractivity (Wildman–Crippen MR) is 110 cm³/mol. The number of halogens is 2. The molecular formula is C20H22ClFN4O3.